The summed E-state index contributed by atoms with van der Waals surface area (Å²) in [5.41, 5.74) is 4.15. The summed E-state index contributed by atoms with van der Waals surface area (Å²) < 4.78 is 7.57. The lowest BCUT2D eigenvalue weighted by Gasteiger charge is -2.27. The maximum Gasteiger partial charge on any atom is 0.0474 e. The molecule has 0 saturated carbocycles. The zero-order valence-electron chi connectivity index (χ0n) is 10.2. The van der Waals surface area contributed by atoms with Gasteiger partial charge in [0.2, 0.25) is 0 Å². The van der Waals surface area contributed by atoms with Gasteiger partial charge in [0.25, 0.3) is 0 Å². The number of hydrogen-bond acceptors (Lipinski definition) is 3. The van der Waals surface area contributed by atoms with Crippen molar-refractivity contribution >= 4 is 31.9 Å². The third-order valence-corrected chi connectivity index (χ3v) is 4.66. The van der Waals surface area contributed by atoms with E-state index in [1.807, 2.05) is 12.1 Å². The molecule has 3 nitrogen and oxygen atoms in total. The monoisotopic (exact) mass is 376 g/mol. The molecule has 1 fully saturated rings. The van der Waals surface area contributed by atoms with E-state index < -0.39 is 0 Å². The zero-order valence-corrected chi connectivity index (χ0v) is 13.3. The fourth-order valence-electron chi connectivity index (χ4n) is 2.38. The van der Waals surface area contributed by atoms with Crippen LogP contribution in [0.5, 0.6) is 0 Å². The van der Waals surface area contributed by atoms with E-state index in [0.717, 1.165) is 41.4 Å². The molecule has 1 heterocycles. The van der Waals surface area contributed by atoms with Crippen molar-refractivity contribution in [3.8, 4) is 0 Å². The van der Waals surface area contributed by atoms with Gasteiger partial charge in [0, 0.05) is 28.2 Å². The highest BCUT2D eigenvalue weighted by molar-refractivity contribution is 9.11. The van der Waals surface area contributed by atoms with Crippen LogP contribution in [0.3, 0.4) is 0 Å². The van der Waals surface area contributed by atoms with Crippen molar-refractivity contribution in [3.05, 3.63) is 32.7 Å². The van der Waals surface area contributed by atoms with Gasteiger partial charge in [0.05, 0.1) is 0 Å². The summed E-state index contributed by atoms with van der Waals surface area (Å²) >= 11 is 7.11. The average Bonchev–Trinajstić information content (AvgIpc) is 2.40. The molecule has 0 amide bonds. The van der Waals surface area contributed by atoms with E-state index in [2.05, 4.69) is 43.4 Å². The Balaban J connectivity index is 2.09. The minimum atomic E-state index is 0.181. The Morgan fingerprint density at radius 1 is 1.33 bits per heavy atom. The maximum absolute atomic E-state index is 5.72. The van der Waals surface area contributed by atoms with Crippen LogP contribution in [-0.4, -0.2) is 13.2 Å². The van der Waals surface area contributed by atoms with E-state index in [1.165, 1.54) is 5.56 Å². The van der Waals surface area contributed by atoms with Crippen LogP contribution < -0.4 is 11.3 Å². The number of benzene rings is 1. The molecule has 5 heteroatoms. The Kier molecular flexibility index (Phi) is 5.63. The standard InChI is InChI=1S/C13H18Br2N2O/c14-10-1-2-12(15)11(8-10)13(17-16)7-9-3-5-18-6-4-9/h1-2,8-9,13,17H,3-7,16H2. The lowest BCUT2D eigenvalue weighted by Crippen LogP contribution is -2.31. The number of hydrogen-bond donors (Lipinski definition) is 2. The van der Waals surface area contributed by atoms with Gasteiger partial charge in [-0.1, -0.05) is 31.9 Å². The zero-order chi connectivity index (χ0) is 13.0. The minimum absolute atomic E-state index is 0.181. The summed E-state index contributed by atoms with van der Waals surface area (Å²) in [6, 6.07) is 6.37. The smallest absolute Gasteiger partial charge is 0.0474 e. The molecule has 0 radical (unpaired) electrons. The molecule has 1 saturated heterocycles. The molecule has 3 N–H and O–H groups in total. The van der Waals surface area contributed by atoms with Crippen LogP contribution in [-0.2, 0) is 4.74 Å². The van der Waals surface area contributed by atoms with Crippen molar-refractivity contribution in [2.24, 2.45) is 11.8 Å². The summed E-state index contributed by atoms with van der Waals surface area (Å²) in [5.74, 6) is 6.41. The molecule has 1 unspecified atom stereocenters. The van der Waals surface area contributed by atoms with E-state index in [-0.39, 0.29) is 6.04 Å². The molecule has 0 bridgehead atoms. The quantitative estimate of drug-likeness (QED) is 0.623. The number of halogens is 2. The first-order chi connectivity index (χ1) is 8.70. The van der Waals surface area contributed by atoms with Crippen LogP contribution in [0, 0.1) is 5.92 Å². The van der Waals surface area contributed by atoms with E-state index in [4.69, 9.17) is 10.6 Å². The van der Waals surface area contributed by atoms with Gasteiger partial charge in [-0.25, -0.2) is 0 Å². The SMILES string of the molecule is NNC(CC1CCOCC1)c1cc(Br)ccc1Br. The number of nitrogens with one attached hydrogen (secondary N) is 1. The van der Waals surface area contributed by atoms with Crippen molar-refractivity contribution in [1.29, 1.82) is 0 Å². The predicted molar refractivity (Wildman–Crippen MR) is 80.1 cm³/mol. The second kappa shape index (κ2) is 7.01. The van der Waals surface area contributed by atoms with E-state index in [1.54, 1.807) is 0 Å². The molecule has 1 aromatic carbocycles. The first kappa shape index (κ1) is 14.5. The van der Waals surface area contributed by atoms with Crippen LogP contribution in [0.4, 0.5) is 0 Å². The first-order valence-electron chi connectivity index (χ1n) is 6.19. The van der Waals surface area contributed by atoms with Crippen molar-refractivity contribution in [2.45, 2.75) is 25.3 Å². The Labute approximate surface area is 125 Å². The van der Waals surface area contributed by atoms with Gasteiger partial charge in [-0.05, 0) is 48.9 Å². The molecule has 18 heavy (non-hydrogen) atoms. The molecule has 1 aliphatic rings. The average molecular weight is 378 g/mol. The molecule has 1 atom stereocenters. The van der Waals surface area contributed by atoms with Crippen molar-refractivity contribution in [3.63, 3.8) is 0 Å². The van der Waals surface area contributed by atoms with Crippen LogP contribution in [0.25, 0.3) is 0 Å². The Morgan fingerprint density at radius 3 is 2.72 bits per heavy atom. The number of ether oxygens (including phenoxy) is 1. The first-order valence-corrected chi connectivity index (χ1v) is 7.78. The maximum atomic E-state index is 5.72. The molecule has 2 rings (SSSR count). The van der Waals surface area contributed by atoms with Crippen molar-refractivity contribution in [1.82, 2.24) is 5.43 Å². The second-order valence-electron chi connectivity index (χ2n) is 4.68. The van der Waals surface area contributed by atoms with Gasteiger partial charge in [-0.15, -0.1) is 0 Å². The van der Waals surface area contributed by atoms with Gasteiger partial charge in [-0.2, -0.15) is 0 Å². The molecule has 1 aliphatic heterocycles. The van der Waals surface area contributed by atoms with Gasteiger partial charge in [-0.3, -0.25) is 11.3 Å². The number of hydrazine groups is 1. The molecule has 0 aliphatic carbocycles. The summed E-state index contributed by atoms with van der Waals surface area (Å²) in [6.45, 7) is 1.75. The van der Waals surface area contributed by atoms with Crippen LogP contribution in [0.2, 0.25) is 0 Å². The molecule has 0 aromatic heterocycles. The minimum Gasteiger partial charge on any atom is -0.381 e. The summed E-state index contributed by atoms with van der Waals surface area (Å²) in [5, 5.41) is 0. The van der Waals surface area contributed by atoms with Crippen LogP contribution in [0.1, 0.15) is 30.9 Å². The fraction of sp³-hybridized carbons (Fsp3) is 0.538. The predicted octanol–water partition coefficient (Wildman–Crippen LogP) is 3.53. The lowest BCUT2D eigenvalue weighted by molar-refractivity contribution is 0.0605. The van der Waals surface area contributed by atoms with Gasteiger partial charge < -0.3 is 4.74 Å². The fourth-order valence-corrected chi connectivity index (χ4v) is 3.28. The van der Waals surface area contributed by atoms with Crippen molar-refractivity contribution < 1.29 is 4.74 Å². The summed E-state index contributed by atoms with van der Waals surface area (Å²) in [4.78, 5) is 0. The third-order valence-electron chi connectivity index (χ3n) is 3.44. The van der Waals surface area contributed by atoms with E-state index >= 15 is 0 Å². The molecule has 1 aromatic rings. The number of nitrogens with two attached hydrogens (primary N) is 1. The molecule has 0 spiro atoms. The molecular formula is C13H18Br2N2O. The highest BCUT2D eigenvalue weighted by Crippen LogP contribution is 2.32. The Morgan fingerprint density at radius 2 is 2.06 bits per heavy atom. The van der Waals surface area contributed by atoms with Gasteiger partial charge in [0.15, 0.2) is 0 Å². The van der Waals surface area contributed by atoms with Crippen molar-refractivity contribution in [2.75, 3.05) is 13.2 Å². The second-order valence-corrected chi connectivity index (χ2v) is 6.45. The summed E-state index contributed by atoms with van der Waals surface area (Å²) in [6.07, 6.45) is 3.31. The normalized spacial score (nSPS) is 18.8. The van der Waals surface area contributed by atoms with Crippen LogP contribution >= 0.6 is 31.9 Å². The largest absolute Gasteiger partial charge is 0.381 e. The number of rotatable bonds is 4. The highest BCUT2D eigenvalue weighted by atomic mass is 79.9. The molecular weight excluding hydrogens is 360 g/mol. The van der Waals surface area contributed by atoms with Crippen LogP contribution in [0.15, 0.2) is 27.1 Å². The lowest BCUT2D eigenvalue weighted by atomic mass is 9.90. The van der Waals surface area contributed by atoms with Gasteiger partial charge in [0.1, 0.15) is 0 Å². The molecule has 100 valence electrons. The summed E-state index contributed by atoms with van der Waals surface area (Å²) in [7, 11) is 0. The third kappa shape index (κ3) is 3.78. The Hall–Kier alpha value is 0.0600. The Bertz CT molecular complexity index is 395. The van der Waals surface area contributed by atoms with Gasteiger partial charge >= 0.3 is 0 Å². The van der Waals surface area contributed by atoms with E-state index in [9.17, 15) is 0 Å². The topological polar surface area (TPSA) is 47.3 Å². The van der Waals surface area contributed by atoms with E-state index in [0.29, 0.717) is 5.92 Å². The highest BCUT2D eigenvalue weighted by Gasteiger charge is 2.21.